The van der Waals surface area contributed by atoms with Crippen LogP contribution in [0, 0.1) is 3.57 Å². The quantitative estimate of drug-likeness (QED) is 0.555. The summed E-state index contributed by atoms with van der Waals surface area (Å²) in [5, 5.41) is 3.90. The second-order valence-corrected chi connectivity index (χ2v) is 6.29. The molecule has 5 heteroatoms. The van der Waals surface area contributed by atoms with Gasteiger partial charge in [0.2, 0.25) is 0 Å². The van der Waals surface area contributed by atoms with Crippen molar-refractivity contribution in [1.82, 2.24) is 0 Å². The third-order valence-electron chi connectivity index (χ3n) is 2.63. The van der Waals surface area contributed by atoms with Gasteiger partial charge in [-0.25, -0.2) is 0 Å². The molecule has 0 aliphatic rings. The highest BCUT2D eigenvalue weighted by molar-refractivity contribution is 14.1. The first-order chi connectivity index (χ1) is 9.47. The topological polar surface area (TPSA) is 47.3 Å². The summed E-state index contributed by atoms with van der Waals surface area (Å²) in [6, 6.07) is 11.5. The van der Waals surface area contributed by atoms with Crippen LogP contribution < -0.4 is 15.8 Å². The van der Waals surface area contributed by atoms with Crippen LogP contribution in [-0.2, 0) is 0 Å². The van der Waals surface area contributed by atoms with Gasteiger partial charge in [-0.05, 0) is 66.8 Å². The minimum absolute atomic E-state index is 0.0782. The Morgan fingerprint density at radius 1 is 1.20 bits per heavy atom. The Hall–Kier alpha value is -1.14. The van der Waals surface area contributed by atoms with Crippen molar-refractivity contribution in [3.8, 4) is 5.75 Å². The molecule has 3 nitrogen and oxygen atoms in total. The summed E-state index contributed by atoms with van der Waals surface area (Å²) >= 11 is 8.44. The molecule has 3 N–H and O–H groups in total. The molecule has 0 saturated heterocycles. The maximum Gasteiger partial charge on any atom is 0.144 e. The Bertz CT molecular complexity index is 617. The summed E-state index contributed by atoms with van der Waals surface area (Å²) in [4.78, 5) is 0. The standard InChI is InChI=1S/C15H16ClIN2O/c1-9(2)20-14-5-3-4-13(15(14)18)19-12-7-6-10(17)8-11(12)16/h3-9,19H,18H2,1-2H3. The number of benzene rings is 2. The SMILES string of the molecule is CC(C)Oc1cccc(Nc2ccc(I)cc2Cl)c1N. The Morgan fingerprint density at radius 3 is 2.60 bits per heavy atom. The molecule has 0 atom stereocenters. The van der Waals surface area contributed by atoms with Gasteiger partial charge in [-0.3, -0.25) is 0 Å². The molecule has 0 fully saturated rings. The summed E-state index contributed by atoms with van der Waals surface area (Å²) in [5.41, 5.74) is 8.31. The predicted octanol–water partition coefficient (Wildman–Crippen LogP) is 5.06. The summed E-state index contributed by atoms with van der Waals surface area (Å²) in [6.07, 6.45) is 0.0782. The third kappa shape index (κ3) is 3.70. The van der Waals surface area contributed by atoms with E-state index in [0.29, 0.717) is 16.5 Å². The van der Waals surface area contributed by atoms with Crippen LogP contribution >= 0.6 is 34.2 Å². The van der Waals surface area contributed by atoms with Gasteiger partial charge < -0.3 is 15.8 Å². The van der Waals surface area contributed by atoms with Crippen molar-refractivity contribution in [3.63, 3.8) is 0 Å². The van der Waals surface area contributed by atoms with Crippen LogP contribution in [-0.4, -0.2) is 6.10 Å². The number of hydrogen-bond donors (Lipinski definition) is 2. The summed E-state index contributed by atoms with van der Waals surface area (Å²) < 4.78 is 6.76. The van der Waals surface area contributed by atoms with Crippen LogP contribution in [0.15, 0.2) is 36.4 Å². The van der Waals surface area contributed by atoms with Crippen molar-refractivity contribution in [1.29, 1.82) is 0 Å². The second kappa shape index (κ2) is 6.54. The number of nitrogens with one attached hydrogen (secondary N) is 1. The van der Waals surface area contributed by atoms with Crippen LogP contribution in [0.4, 0.5) is 17.1 Å². The minimum atomic E-state index is 0.0782. The Balaban J connectivity index is 2.29. The molecule has 2 rings (SSSR count). The fourth-order valence-electron chi connectivity index (χ4n) is 1.75. The zero-order valence-electron chi connectivity index (χ0n) is 11.3. The van der Waals surface area contributed by atoms with E-state index in [9.17, 15) is 0 Å². The van der Waals surface area contributed by atoms with Crippen molar-refractivity contribution in [2.24, 2.45) is 0 Å². The molecule has 0 bridgehead atoms. The minimum Gasteiger partial charge on any atom is -0.489 e. The maximum absolute atomic E-state index is 6.22. The van der Waals surface area contributed by atoms with Gasteiger partial charge in [0.05, 0.1) is 28.2 Å². The maximum atomic E-state index is 6.22. The van der Waals surface area contributed by atoms with Crippen molar-refractivity contribution in [2.45, 2.75) is 20.0 Å². The number of rotatable bonds is 4. The number of halogens is 2. The van der Waals surface area contributed by atoms with E-state index < -0.39 is 0 Å². The number of para-hydroxylation sites is 1. The lowest BCUT2D eigenvalue weighted by molar-refractivity contribution is 0.244. The van der Waals surface area contributed by atoms with Crippen molar-refractivity contribution >= 4 is 51.3 Å². The molecule has 106 valence electrons. The first-order valence-corrected chi connectivity index (χ1v) is 7.70. The number of nitrogen functional groups attached to an aromatic ring is 1. The van der Waals surface area contributed by atoms with Gasteiger partial charge in [0, 0.05) is 3.57 Å². The van der Waals surface area contributed by atoms with E-state index in [2.05, 4.69) is 27.9 Å². The molecule has 0 aliphatic carbocycles. The molecule has 0 radical (unpaired) electrons. The molecule has 20 heavy (non-hydrogen) atoms. The fourth-order valence-corrected chi connectivity index (χ4v) is 2.65. The number of hydrogen-bond acceptors (Lipinski definition) is 3. The number of nitrogens with two attached hydrogens (primary N) is 1. The van der Waals surface area contributed by atoms with Gasteiger partial charge in [-0.1, -0.05) is 17.7 Å². The smallest absolute Gasteiger partial charge is 0.144 e. The van der Waals surface area contributed by atoms with Crippen LogP contribution in [0.2, 0.25) is 5.02 Å². The summed E-state index contributed by atoms with van der Waals surface area (Å²) in [5.74, 6) is 0.673. The molecule has 0 aliphatic heterocycles. The van der Waals surface area contributed by atoms with Gasteiger partial charge in [-0.2, -0.15) is 0 Å². The summed E-state index contributed by atoms with van der Waals surface area (Å²) in [6.45, 7) is 3.94. The van der Waals surface area contributed by atoms with Gasteiger partial charge >= 0.3 is 0 Å². The number of anilines is 3. The molecule has 0 aromatic heterocycles. The van der Waals surface area contributed by atoms with E-state index >= 15 is 0 Å². The molecule has 0 unspecified atom stereocenters. The monoisotopic (exact) mass is 402 g/mol. The lowest BCUT2D eigenvalue weighted by atomic mass is 10.2. The largest absolute Gasteiger partial charge is 0.489 e. The number of ether oxygens (including phenoxy) is 1. The molecule has 2 aromatic rings. The Labute approximate surface area is 137 Å². The third-order valence-corrected chi connectivity index (χ3v) is 3.61. The van der Waals surface area contributed by atoms with Crippen molar-refractivity contribution < 1.29 is 4.74 Å². The van der Waals surface area contributed by atoms with Crippen LogP contribution in [0.3, 0.4) is 0 Å². The average molecular weight is 403 g/mol. The second-order valence-electron chi connectivity index (χ2n) is 4.63. The summed E-state index contributed by atoms with van der Waals surface area (Å²) in [7, 11) is 0. The molecule has 0 heterocycles. The Kier molecular flexibility index (Phi) is 4.99. The molecule has 0 amide bonds. The molecule has 2 aromatic carbocycles. The van der Waals surface area contributed by atoms with E-state index in [4.69, 9.17) is 22.1 Å². The van der Waals surface area contributed by atoms with E-state index in [1.165, 1.54) is 0 Å². The highest BCUT2D eigenvalue weighted by Gasteiger charge is 2.09. The van der Waals surface area contributed by atoms with E-state index in [0.717, 1.165) is 14.9 Å². The van der Waals surface area contributed by atoms with Gasteiger partial charge in [0.1, 0.15) is 5.75 Å². The van der Waals surface area contributed by atoms with Crippen molar-refractivity contribution in [2.75, 3.05) is 11.1 Å². The molecular formula is C15H16ClIN2O. The lowest BCUT2D eigenvalue weighted by Crippen LogP contribution is -2.08. The average Bonchev–Trinajstić information content (AvgIpc) is 2.36. The van der Waals surface area contributed by atoms with E-state index in [1.54, 1.807) is 0 Å². The highest BCUT2D eigenvalue weighted by atomic mass is 127. The first-order valence-electron chi connectivity index (χ1n) is 6.24. The van der Waals surface area contributed by atoms with Gasteiger partial charge in [0.25, 0.3) is 0 Å². The zero-order valence-corrected chi connectivity index (χ0v) is 14.2. The van der Waals surface area contributed by atoms with Crippen LogP contribution in [0.5, 0.6) is 5.75 Å². The van der Waals surface area contributed by atoms with Gasteiger partial charge in [0.15, 0.2) is 0 Å². The lowest BCUT2D eigenvalue weighted by Gasteiger charge is -2.16. The van der Waals surface area contributed by atoms with Crippen LogP contribution in [0.1, 0.15) is 13.8 Å². The predicted molar refractivity (Wildman–Crippen MR) is 94.1 cm³/mol. The molecule has 0 spiro atoms. The zero-order chi connectivity index (χ0) is 14.7. The first kappa shape index (κ1) is 15.3. The molecular weight excluding hydrogens is 387 g/mol. The Morgan fingerprint density at radius 2 is 1.95 bits per heavy atom. The van der Waals surface area contributed by atoms with E-state index in [1.807, 2.05) is 50.2 Å². The van der Waals surface area contributed by atoms with Crippen molar-refractivity contribution in [3.05, 3.63) is 45.0 Å². The van der Waals surface area contributed by atoms with Crippen LogP contribution in [0.25, 0.3) is 0 Å². The molecule has 0 saturated carbocycles. The fraction of sp³-hybridized carbons (Fsp3) is 0.200. The normalized spacial score (nSPS) is 10.7. The highest BCUT2D eigenvalue weighted by Crippen LogP contribution is 2.34. The van der Waals surface area contributed by atoms with E-state index in [-0.39, 0.29) is 6.10 Å². The van der Waals surface area contributed by atoms with Gasteiger partial charge in [-0.15, -0.1) is 0 Å².